The van der Waals surface area contributed by atoms with Gasteiger partial charge in [0, 0.05) is 24.8 Å². The van der Waals surface area contributed by atoms with Gasteiger partial charge >= 0.3 is 12.1 Å². The van der Waals surface area contributed by atoms with Crippen LogP contribution in [0.2, 0.25) is 0 Å². The molecule has 1 N–H and O–H groups in total. The zero-order valence-corrected chi connectivity index (χ0v) is 12.9. The van der Waals surface area contributed by atoms with E-state index in [0.717, 1.165) is 10.7 Å². The summed E-state index contributed by atoms with van der Waals surface area (Å²) < 4.78 is 39.0. The van der Waals surface area contributed by atoms with Crippen LogP contribution in [0.5, 0.6) is 0 Å². The minimum Gasteiger partial charge on any atom is -0.481 e. The first-order valence-corrected chi connectivity index (χ1v) is 7.51. The topological polar surface area (TPSA) is 75.4 Å². The summed E-state index contributed by atoms with van der Waals surface area (Å²) >= 11 is 0. The third-order valence-corrected chi connectivity index (χ3v) is 4.06. The number of benzene rings is 1. The summed E-state index contributed by atoms with van der Waals surface area (Å²) in [6.07, 6.45) is -2.99. The van der Waals surface area contributed by atoms with Crippen molar-refractivity contribution in [2.45, 2.75) is 12.6 Å². The van der Waals surface area contributed by atoms with Crippen LogP contribution in [-0.2, 0) is 11.0 Å². The number of carbonyl (C=O) groups is 2. The predicted octanol–water partition coefficient (Wildman–Crippen LogP) is 2.44. The second kappa shape index (κ2) is 6.23. The molecule has 1 aliphatic heterocycles. The van der Waals surface area contributed by atoms with E-state index in [1.54, 1.807) is 6.07 Å². The van der Waals surface area contributed by atoms with Gasteiger partial charge in [0.2, 0.25) is 0 Å². The molecule has 132 valence electrons. The Morgan fingerprint density at radius 2 is 2.00 bits per heavy atom. The summed E-state index contributed by atoms with van der Waals surface area (Å²) in [4.78, 5) is 24.9. The Kier molecular flexibility index (Phi) is 4.23. The van der Waals surface area contributed by atoms with E-state index in [2.05, 4.69) is 5.10 Å². The van der Waals surface area contributed by atoms with Crippen LogP contribution in [0.25, 0.3) is 5.69 Å². The highest BCUT2D eigenvalue weighted by atomic mass is 19.4. The molecule has 0 saturated carbocycles. The molecule has 0 spiro atoms. The molecule has 0 aliphatic carbocycles. The first-order chi connectivity index (χ1) is 11.8. The number of alkyl halides is 3. The molecule has 25 heavy (non-hydrogen) atoms. The average Bonchev–Trinajstić information content (AvgIpc) is 3.23. The monoisotopic (exact) mass is 353 g/mol. The minimum atomic E-state index is -4.54. The van der Waals surface area contributed by atoms with Crippen molar-refractivity contribution in [2.24, 2.45) is 5.92 Å². The highest BCUT2D eigenvalue weighted by molar-refractivity contribution is 5.95. The van der Waals surface area contributed by atoms with Gasteiger partial charge in [-0.25, -0.2) is 4.68 Å². The number of carboxylic acids is 1. The maximum Gasteiger partial charge on any atom is 0.435 e. The largest absolute Gasteiger partial charge is 0.481 e. The van der Waals surface area contributed by atoms with E-state index in [0.29, 0.717) is 18.7 Å². The van der Waals surface area contributed by atoms with Gasteiger partial charge in [0.05, 0.1) is 11.6 Å². The lowest BCUT2D eigenvalue weighted by Gasteiger charge is -2.16. The molecular formula is C16H14F3N3O3. The standard InChI is InChI=1S/C16H14F3N3O3/c17-16(18,19)13-5-7-22(20-13)12-3-1-2-10(8-12)14(23)21-6-4-11(9-21)15(24)25/h1-3,5,7-8,11H,4,6,9H2,(H,24,25). The molecule has 1 unspecified atom stereocenters. The SMILES string of the molecule is O=C(O)C1CCN(C(=O)c2cccc(-n3ccc(C(F)(F)F)n3)c2)C1. The van der Waals surface area contributed by atoms with Crippen LogP contribution >= 0.6 is 0 Å². The summed E-state index contributed by atoms with van der Waals surface area (Å²) in [5, 5.41) is 12.5. The Morgan fingerprint density at radius 1 is 1.24 bits per heavy atom. The number of aromatic nitrogens is 2. The van der Waals surface area contributed by atoms with E-state index in [1.165, 1.54) is 29.3 Å². The molecule has 3 rings (SSSR count). The maximum absolute atomic E-state index is 12.6. The normalized spacial score (nSPS) is 17.7. The van der Waals surface area contributed by atoms with Crippen molar-refractivity contribution in [3.8, 4) is 5.69 Å². The second-order valence-corrected chi connectivity index (χ2v) is 5.77. The molecule has 1 aromatic heterocycles. The van der Waals surface area contributed by atoms with Crippen LogP contribution in [0.3, 0.4) is 0 Å². The average molecular weight is 353 g/mol. The summed E-state index contributed by atoms with van der Waals surface area (Å²) in [6.45, 7) is 0.457. The lowest BCUT2D eigenvalue weighted by atomic mass is 10.1. The lowest BCUT2D eigenvalue weighted by molar-refractivity contribution is -0.142. The molecule has 2 aromatic rings. The highest BCUT2D eigenvalue weighted by Gasteiger charge is 2.34. The van der Waals surface area contributed by atoms with Gasteiger partial charge in [-0.05, 0) is 30.7 Å². The molecule has 0 bridgehead atoms. The second-order valence-electron chi connectivity index (χ2n) is 5.77. The van der Waals surface area contributed by atoms with E-state index in [9.17, 15) is 22.8 Å². The highest BCUT2D eigenvalue weighted by Crippen LogP contribution is 2.28. The Morgan fingerprint density at radius 3 is 2.60 bits per heavy atom. The number of carboxylic acid groups (broad SMARTS) is 1. The summed E-state index contributed by atoms with van der Waals surface area (Å²) in [7, 11) is 0. The van der Waals surface area contributed by atoms with Crippen molar-refractivity contribution in [1.29, 1.82) is 0 Å². The van der Waals surface area contributed by atoms with Crippen LogP contribution in [0.1, 0.15) is 22.5 Å². The number of hydrogen-bond acceptors (Lipinski definition) is 3. The van der Waals surface area contributed by atoms with Crippen LogP contribution < -0.4 is 0 Å². The van der Waals surface area contributed by atoms with Gasteiger partial charge < -0.3 is 10.0 Å². The minimum absolute atomic E-state index is 0.123. The number of amides is 1. The fourth-order valence-electron chi connectivity index (χ4n) is 2.73. The van der Waals surface area contributed by atoms with E-state index < -0.39 is 23.8 Å². The molecule has 6 nitrogen and oxygen atoms in total. The van der Waals surface area contributed by atoms with Gasteiger partial charge in [0.15, 0.2) is 5.69 Å². The fourth-order valence-corrected chi connectivity index (χ4v) is 2.73. The lowest BCUT2D eigenvalue weighted by Crippen LogP contribution is -2.30. The van der Waals surface area contributed by atoms with Crippen molar-refractivity contribution in [3.63, 3.8) is 0 Å². The van der Waals surface area contributed by atoms with Crippen molar-refractivity contribution in [2.75, 3.05) is 13.1 Å². The molecule has 0 radical (unpaired) electrons. The Hall–Kier alpha value is -2.84. The van der Waals surface area contributed by atoms with Crippen LogP contribution in [0, 0.1) is 5.92 Å². The van der Waals surface area contributed by atoms with Crippen LogP contribution in [0.15, 0.2) is 36.5 Å². The van der Waals surface area contributed by atoms with E-state index in [-0.39, 0.29) is 18.0 Å². The van der Waals surface area contributed by atoms with Gasteiger partial charge in [0.1, 0.15) is 0 Å². The zero-order valence-electron chi connectivity index (χ0n) is 12.9. The van der Waals surface area contributed by atoms with Crippen molar-refractivity contribution >= 4 is 11.9 Å². The van der Waals surface area contributed by atoms with Gasteiger partial charge in [0.25, 0.3) is 5.91 Å². The fraction of sp³-hybridized carbons (Fsp3) is 0.312. The van der Waals surface area contributed by atoms with Gasteiger partial charge in [-0.3, -0.25) is 9.59 Å². The van der Waals surface area contributed by atoms with Gasteiger partial charge in [-0.1, -0.05) is 6.07 Å². The molecule has 1 atom stereocenters. The molecule has 1 aromatic carbocycles. The number of likely N-dealkylation sites (tertiary alicyclic amines) is 1. The summed E-state index contributed by atoms with van der Waals surface area (Å²) in [5.41, 5.74) is -0.434. The van der Waals surface area contributed by atoms with Gasteiger partial charge in [-0.15, -0.1) is 0 Å². The Bertz CT molecular complexity index is 816. The number of nitrogens with zero attached hydrogens (tertiary/aromatic N) is 3. The first kappa shape index (κ1) is 17.0. The maximum atomic E-state index is 12.6. The molecule has 9 heteroatoms. The van der Waals surface area contributed by atoms with Crippen molar-refractivity contribution in [3.05, 3.63) is 47.8 Å². The van der Waals surface area contributed by atoms with Crippen LogP contribution in [-0.4, -0.2) is 44.8 Å². The molecule has 1 aliphatic rings. The number of aliphatic carboxylic acids is 1. The zero-order chi connectivity index (χ0) is 18.2. The number of hydrogen-bond donors (Lipinski definition) is 1. The summed E-state index contributed by atoms with van der Waals surface area (Å²) in [6, 6.07) is 6.90. The Labute approximate surface area is 140 Å². The number of carbonyl (C=O) groups excluding carboxylic acids is 1. The molecule has 2 heterocycles. The summed E-state index contributed by atoms with van der Waals surface area (Å²) in [5.74, 6) is -1.89. The smallest absolute Gasteiger partial charge is 0.435 e. The molecular weight excluding hydrogens is 339 g/mol. The third kappa shape index (κ3) is 3.49. The van der Waals surface area contributed by atoms with Crippen LogP contribution in [0.4, 0.5) is 13.2 Å². The number of halogens is 3. The van der Waals surface area contributed by atoms with E-state index >= 15 is 0 Å². The molecule has 1 fully saturated rings. The molecule has 1 amide bonds. The van der Waals surface area contributed by atoms with Gasteiger partial charge in [-0.2, -0.15) is 18.3 Å². The van der Waals surface area contributed by atoms with Crippen molar-refractivity contribution < 1.29 is 27.9 Å². The third-order valence-electron chi connectivity index (χ3n) is 4.06. The predicted molar refractivity (Wildman–Crippen MR) is 80.2 cm³/mol. The van der Waals surface area contributed by atoms with E-state index in [4.69, 9.17) is 5.11 Å². The first-order valence-electron chi connectivity index (χ1n) is 7.51. The Balaban J connectivity index is 1.81. The molecule has 1 saturated heterocycles. The quantitative estimate of drug-likeness (QED) is 0.920. The van der Waals surface area contributed by atoms with Crippen molar-refractivity contribution in [1.82, 2.24) is 14.7 Å². The van der Waals surface area contributed by atoms with E-state index in [1.807, 2.05) is 0 Å². The number of rotatable bonds is 3.